The van der Waals surface area contributed by atoms with Gasteiger partial charge in [0.2, 0.25) is 0 Å². The van der Waals surface area contributed by atoms with Gasteiger partial charge in [-0.2, -0.15) is 0 Å². The van der Waals surface area contributed by atoms with Gasteiger partial charge in [-0.15, -0.1) is 0 Å². The smallest absolute Gasteiger partial charge is 0.322 e. The van der Waals surface area contributed by atoms with Crippen LogP contribution in [-0.4, -0.2) is 62.9 Å². The molecule has 0 aliphatic heterocycles. The van der Waals surface area contributed by atoms with Crippen molar-refractivity contribution in [3.05, 3.63) is 0 Å². The lowest BCUT2D eigenvalue weighted by molar-refractivity contribution is -0.143. The summed E-state index contributed by atoms with van der Waals surface area (Å²) in [6.07, 6.45) is 3.43. The first-order chi connectivity index (χ1) is 9.99. The molecule has 0 spiro atoms. The first-order valence-electron chi connectivity index (χ1n) is 8.06. The minimum absolute atomic E-state index is 0.172. The maximum absolute atomic E-state index is 11.9. The van der Waals surface area contributed by atoms with Crippen LogP contribution in [0.15, 0.2) is 0 Å². The maximum atomic E-state index is 11.9. The second-order valence-corrected chi connectivity index (χ2v) is 6.29. The molecular formula is C16H32N2O3. The standard InChI is InChI=1S/C16H32N2O3/c1-12(2)17-15(16(19)21-5)8-9-18(10-11-20-4)13(3)14-6-7-14/h12-15,17H,6-11H2,1-5H3. The summed E-state index contributed by atoms with van der Waals surface area (Å²) < 4.78 is 10.1. The molecule has 0 aromatic rings. The molecule has 1 N–H and O–H groups in total. The highest BCUT2D eigenvalue weighted by atomic mass is 16.5. The van der Waals surface area contributed by atoms with E-state index in [9.17, 15) is 4.79 Å². The molecule has 1 rings (SSSR count). The molecule has 1 fully saturated rings. The van der Waals surface area contributed by atoms with Crippen LogP contribution in [0.5, 0.6) is 0 Å². The number of carbonyl (C=O) groups excluding carboxylic acids is 1. The Balaban J connectivity index is 2.52. The SMILES string of the molecule is COCCN(CCC(NC(C)C)C(=O)OC)C(C)C1CC1. The Kier molecular flexibility index (Phi) is 8.22. The van der Waals surface area contributed by atoms with Crippen LogP contribution < -0.4 is 5.32 Å². The zero-order valence-corrected chi connectivity index (χ0v) is 14.2. The Morgan fingerprint density at radius 1 is 1.24 bits per heavy atom. The van der Waals surface area contributed by atoms with E-state index < -0.39 is 0 Å². The van der Waals surface area contributed by atoms with Crippen LogP contribution in [-0.2, 0) is 14.3 Å². The molecule has 0 aromatic heterocycles. The van der Waals surface area contributed by atoms with E-state index in [0.717, 1.165) is 32.0 Å². The van der Waals surface area contributed by atoms with Crippen molar-refractivity contribution in [3.8, 4) is 0 Å². The Morgan fingerprint density at radius 2 is 1.90 bits per heavy atom. The van der Waals surface area contributed by atoms with Crippen molar-refractivity contribution in [2.24, 2.45) is 5.92 Å². The van der Waals surface area contributed by atoms with Crippen LogP contribution in [0.1, 0.15) is 40.0 Å². The number of rotatable bonds is 11. The van der Waals surface area contributed by atoms with Crippen LogP contribution in [0.3, 0.4) is 0 Å². The number of esters is 1. The Hall–Kier alpha value is -0.650. The molecule has 21 heavy (non-hydrogen) atoms. The number of hydrogen-bond acceptors (Lipinski definition) is 5. The van der Waals surface area contributed by atoms with Gasteiger partial charge in [0.05, 0.1) is 13.7 Å². The topological polar surface area (TPSA) is 50.8 Å². The van der Waals surface area contributed by atoms with Crippen molar-refractivity contribution in [1.29, 1.82) is 0 Å². The van der Waals surface area contributed by atoms with E-state index in [-0.39, 0.29) is 18.1 Å². The van der Waals surface area contributed by atoms with Crippen molar-refractivity contribution < 1.29 is 14.3 Å². The number of nitrogens with zero attached hydrogens (tertiary/aromatic N) is 1. The molecule has 0 heterocycles. The van der Waals surface area contributed by atoms with Crippen molar-refractivity contribution in [1.82, 2.24) is 10.2 Å². The predicted octanol–water partition coefficient (Wildman–Crippen LogP) is 1.66. The molecule has 2 unspecified atom stereocenters. The minimum atomic E-state index is -0.230. The van der Waals surface area contributed by atoms with Crippen molar-refractivity contribution in [2.75, 3.05) is 33.9 Å². The molecule has 1 aliphatic rings. The fourth-order valence-electron chi connectivity index (χ4n) is 2.71. The van der Waals surface area contributed by atoms with Crippen LogP contribution in [0, 0.1) is 5.92 Å². The van der Waals surface area contributed by atoms with Crippen molar-refractivity contribution in [2.45, 2.75) is 58.2 Å². The van der Waals surface area contributed by atoms with Gasteiger partial charge in [0.25, 0.3) is 0 Å². The summed E-state index contributed by atoms with van der Waals surface area (Å²) >= 11 is 0. The third kappa shape index (κ3) is 6.76. The van der Waals surface area contributed by atoms with E-state index in [1.165, 1.54) is 20.0 Å². The fourth-order valence-corrected chi connectivity index (χ4v) is 2.71. The summed E-state index contributed by atoms with van der Waals surface area (Å²) in [5.74, 6) is 0.644. The second kappa shape index (κ2) is 9.38. The molecule has 0 radical (unpaired) electrons. The van der Waals surface area contributed by atoms with Gasteiger partial charge in [-0.1, -0.05) is 13.8 Å². The minimum Gasteiger partial charge on any atom is -0.468 e. The highest BCUT2D eigenvalue weighted by molar-refractivity contribution is 5.75. The molecule has 124 valence electrons. The quantitative estimate of drug-likeness (QED) is 0.588. The van der Waals surface area contributed by atoms with Gasteiger partial charge >= 0.3 is 5.97 Å². The van der Waals surface area contributed by atoms with Crippen LogP contribution in [0.4, 0.5) is 0 Å². The second-order valence-electron chi connectivity index (χ2n) is 6.29. The Labute approximate surface area is 129 Å². The average Bonchev–Trinajstić information content (AvgIpc) is 3.28. The molecule has 1 saturated carbocycles. The van der Waals surface area contributed by atoms with E-state index in [2.05, 4.69) is 17.1 Å². The highest BCUT2D eigenvalue weighted by Crippen LogP contribution is 2.35. The Bertz CT molecular complexity index is 306. The third-order valence-corrected chi connectivity index (χ3v) is 4.19. The molecule has 0 bridgehead atoms. The van der Waals surface area contributed by atoms with E-state index in [4.69, 9.17) is 9.47 Å². The van der Waals surface area contributed by atoms with Gasteiger partial charge in [-0.05, 0) is 32.1 Å². The molecule has 0 amide bonds. The lowest BCUT2D eigenvalue weighted by atomic mass is 10.1. The largest absolute Gasteiger partial charge is 0.468 e. The van der Waals surface area contributed by atoms with E-state index in [1.54, 1.807) is 7.11 Å². The number of methoxy groups -OCH3 is 2. The normalized spacial score (nSPS) is 18.0. The molecule has 0 saturated heterocycles. The van der Waals surface area contributed by atoms with Crippen LogP contribution in [0.2, 0.25) is 0 Å². The van der Waals surface area contributed by atoms with Crippen LogP contribution in [0.25, 0.3) is 0 Å². The van der Waals surface area contributed by atoms with Gasteiger partial charge in [-0.25, -0.2) is 0 Å². The Morgan fingerprint density at radius 3 is 2.38 bits per heavy atom. The molecule has 5 nitrogen and oxygen atoms in total. The lowest BCUT2D eigenvalue weighted by Crippen LogP contribution is -2.45. The summed E-state index contributed by atoms with van der Waals surface area (Å²) in [6, 6.07) is 0.603. The summed E-state index contributed by atoms with van der Waals surface area (Å²) in [5, 5.41) is 3.29. The van der Waals surface area contributed by atoms with E-state index >= 15 is 0 Å². The van der Waals surface area contributed by atoms with Crippen molar-refractivity contribution >= 4 is 5.97 Å². The van der Waals surface area contributed by atoms with Crippen LogP contribution >= 0.6 is 0 Å². The zero-order valence-electron chi connectivity index (χ0n) is 14.2. The number of hydrogen-bond donors (Lipinski definition) is 1. The number of carbonyl (C=O) groups is 1. The molecule has 2 atom stereocenters. The van der Waals surface area contributed by atoms with Gasteiger partial charge in [0, 0.05) is 32.3 Å². The first-order valence-corrected chi connectivity index (χ1v) is 8.06. The fraction of sp³-hybridized carbons (Fsp3) is 0.938. The summed E-state index contributed by atoms with van der Waals surface area (Å²) in [5.41, 5.74) is 0. The zero-order chi connectivity index (χ0) is 15.8. The molecular weight excluding hydrogens is 268 g/mol. The summed E-state index contributed by atoms with van der Waals surface area (Å²) in [7, 11) is 3.18. The van der Waals surface area contributed by atoms with Gasteiger partial charge in [0.15, 0.2) is 0 Å². The molecule has 1 aliphatic carbocycles. The van der Waals surface area contributed by atoms with Crippen molar-refractivity contribution in [3.63, 3.8) is 0 Å². The number of nitrogens with one attached hydrogen (secondary N) is 1. The molecule has 5 heteroatoms. The first kappa shape index (κ1) is 18.4. The third-order valence-electron chi connectivity index (χ3n) is 4.19. The average molecular weight is 300 g/mol. The van der Waals surface area contributed by atoms with Gasteiger partial charge < -0.3 is 14.8 Å². The van der Waals surface area contributed by atoms with Gasteiger partial charge in [0.1, 0.15) is 6.04 Å². The van der Waals surface area contributed by atoms with E-state index in [1.807, 2.05) is 13.8 Å². The monoisotopic (exact) mass is 300 g/mol. The summed E-state index contributed by atoms with van der Waals surface area (Å²) in [4.78, 5) is 14.3. The van der Waals surface area contributed by atoms with Gasteiger partial charge in [-0.3, -0.25) is 9.69 Å². The highest BCUT2D eigenvalue weighted by Gasteiger charge is 2.32. The number of ether oxygens (including phenoxy) is 2. The molecule has 0 aromatic carbocycles. The van der Waals surface area contributed by atoms with E-state index in [0.29, 0.717) is 6.04 Å². The summed E-state index contributed by atoms with van der Waals surface area (Å²) in [6.45, 7) is 8.93. The predicted molar refractivity (Wildman–Crippen MR) is 84.3 cm³/mol. The lowest BCUT2D eigenvalue weighted by Gasteiger charge is -2.30. The maximum Gasteiger partial charge on any atom is 0.322 e.